The van der Waals surface area contributed by atoms with Crippen LogP contribution in [0.4, 0.5) is 4.39 Å². The van der Waals surface area contributed by atoms with Crippen molar-refractivity contribution in [1.82, 2.24) is 5.32 Å². The molecule has 2 rings (SSSR count). The summed E-state index contributed by atoms with van der Waals surface area (Å²) in [6.45, 7) is 2.97. The second-order valence-corrected chi connectivity index (χ2v) is 7.68. The van der Waals surface area contributed by atoms with Crippen LogP contribution in [0.15, 0.2) is 45.3 Å². The van der Waals surface area contributed by atoms with Gasteiger partial charge in [0.15, 0.2) is 0 Å². The van der Waals surface area contributed by atoms with Gasteiger partial charge in [-0.3, -0.25) is 0 Å². The predicted molar refractivity (Wildman–Crippen MR) is 101 cm³/mol. The molecule has 1 nitrogen and oxygen atoms in total. The monoisotopic (exact) mass is 525 g/mol. The molecule has 0 aliphatic carbocycles. The van der Waals surface area contributed by atoms with Gasteiger partial charge < -0.3 is 5.32 Å². The molecule has 21 heavy (non-hydrogen) atoms. The third-order valence-corrected chi connectivity index (χ3v) is 5.21. The zero-order valence-corrected chi connectivity index (χ0v) is 16.8. The molecule has 0 bridgehead atoms. The second-order valence-electron chi connectivity index (χ2n) is 4.73. The average Bonchev–Trinajstić information content (AvgIpc) is 2.45. The van der Waals surface area contributed by atoms with Gasteiger partial charge in [0.2, 0.25) is 0 Å². The van der Waals surface area contributed by atoms with E-state index in [1.807, 2.05) is 12.1 Å². The number of rotatable bonds is 5. The van der Waals surface area contributed by atoms with E-state index in [-0.39, 0.29) is 11.9 Å². The number of hydrogen-bond acceptors (Lipinski definition) is 1. The second kappa shape index (κ2) is 8.04. The fourth-order valence-corrected chi connectivity index (χ4v) is 3.69. The van der Waals surface area contributed by atoms with Crippen molar-refractivity contribution in [1.29, 1.82) is 0 Å². The lowest BCUT2D eigenvalue weighted by Crippen LogP contribution is -2.23. The third kappa shape index (κ3) is 4.74. The minimum atomic E-state index is -0.228. The van der Waals surface area contributed by atoms with E-state index >= 15 is 0 Å². The zero-order chi connectivity index (χ0) is 15.4. The van der Waals surface area contributed by atoms with Gasteiger partial charge in [-0.2, -0.15) is 0 Å². The molecule has 1 unspecified atom stereocenters. The SMILES string of the molecule is CCNC(Cc1ccc(F)c(Br)c1)c1cc(I)ccc1Br. The fourth-order valence-electron chi connectivity index (χ4n) is 2.22. The summed E-state index contributed by atoms with van der Waals surface area (Å²) in [5, 5.41) is 3.51. The van der Waals surface area contributed by atoms with Crippen molar-refractivity contribution in [3.63, 3.8) is 0 Å². The first-order chi connectivity index (χ1) is 10.0. The molecule has 112 valence electrons. The quantitative estimate of drug-likeness (QED) is 0.482. The summed E-state index contributed by atoms with van der Waals surface area (Å²) in [6, 6.07) is 11.7. The van der Waals surface area contributed by atoms with Crippen LogP contribution in [-0.2, 0) is 6.42 Å². The van der Waals surface area contributed by atoms with Crippen LogP contribution in [0.2, 0.25) is 0 Å². The molecular weight excluding hydrogens is 512 g/mol. The van der Waals surface area contributed by atoms with Crippen LogP contribution >= 0.6 is 54.5 Å². The maximum Gasteiger partial charge on any atom is 0.137 e. The molecule has 1 atom stereocenters. The van der Waals surface area contributed by atoms with Crippen LogP contribution in [0.3, 0.4) is 0 Å². The Morgan fingerprint density at radius 2 is 1.90 bits per heavy atom. The Morgan fingerprint density at radius 3 is 2.57 bits per heavy atom. The fraction of sp³-hybridized carbons (Fsp3) is 0.250. The molecule has 5 heteroatoms. The van der Waals surface area contributed by atoms with Gasteiger partial charge in [-0.05, 0) is 92.9 Å². The van der Waals surface area contributed by atoms with Crippen molar-refractivity contribution in [2.45, 2.75) is 19.4 Å². The molecule has 0 radical (unpaired) electrons. The Hall–Kier alpha value is 0.0200. The maximum atomic E-state index is 13.4. The zero-order valence-electron chi connectivity index (χ0n) is 11.5. The van der Waals surface area contributed by atoms with Gasteiger partial charge in [-0.1, -0.05) is 28.9 Å². The van der Waals surface area contributed by atoms with Crippen LogP contribution in [0, 0.1) is 9.39 Å². The highest BCUT2D eigenvalue weighted by atomic mass is 127. The van der Waals surface area contributed by atoms with Gasteiger partial charge in [-0.15, -0.1) is 0 Å². The van der Waals surface area contributed by atoms with Crippen molar-refractivity contribution in [2.75, 3.05) is 6.54 Å². The first-order valence-corrected chi connectivity index (χ1v) is 9.30. The molecule has 0 spiro atoms. The molecule has 0 aliphatic heterocycles. The largest absolute Gasteiger partial charge is 0.310 e. The standard InChI is InChI=1S/C16H15Br2FIN/c1-2-21-16(12-9-11(20)4-5-13(12)17)8-10-3-6-15(19)14(18)7-10/h3-7,9,16,21H,2,8H2,1H3. The van der Waals surface area contributed by atoms with Gasteiger partial charge in [0.05, 0.1) is 4.47 Å². The third-order valence-electron chi connectivity index (χ3n) is 3.21. The molecule has 0 saturated heterocycles. The van der Waals surface area contributed by atoms with E-state index in [0.717, 1.165) is 23.0 Å². The van der Waals surface area contributed by atoms with E-state index in [1.54, 1.807) is 0 Å². The number of nitrogens with one attached hydrogen (secondary N) is 1. The number of halogens is 4. The Morgan fingerprint density at radius 1 is 1.14 bits per heavy atom. The normalized spacial score (nSPS) is 12.4. The molecule has 2 aromatic rings. The summed E-state index contributed by atoms with van der Waals surface area (Å²) in [7, 11) is 0. The number of hydrogen-bond donors (Lipinski definition) is 1. The highest BCUT2D eigenvalue weighted by Gasteiger charge is 2.15. The Balaban J connectivity index is 2.30. The van der Waals surface area contributed by atoms with Crippen molar-refractivity contribution in [2.24, 2.45) is 0 Å². The van der Waals surface area contributed by atoms with Gasteiger partial charge in [-0.25, -0.2) is 4.39 Å². The number of likely N-dealkylation sites (N-methyl/N-ethyl adjacent to an activating group) is 1. The van der Waals surface area contributed by atoms with E-state index in [2.05, 4.69) is 84.9 Å². The van der Waals surface area contributed by atoms with Crippen LogP contribution in [0.25, 0.3) is 0 Å². The highest BCUT2D eigenvalue weighted by molar-refractivity contribution is 14.1. The maximum absolute atomic E-state index is 13.4. The van der Waals surface area contributed by atoms with E-state index in [0.29, 0.717) is 4.47 Å². The predicted octanol–water partition coefficient (Wildman–Crippen LogP) is 5.85. The van der Waals surface area contributed by atoms with E-state index in [4.69, 9.17) is 0 Å². The lowest BCUT2D eigenvalue weighted by molar-refractivity contribution is 0.546. The molecule has 0 heterocycles. The topological polar surface area (TPSA) is 12.0 Å². The van der Waals surface area contributed by atoms with E-state index in [1.165, 1.54) is 15.2 Å². The van der Waals surface area contributed by atoms with Crippen molar-refractivity contribution in [3.05, 3.63) is 65.9 Å². The van der Waals surface area contributed by atoms with Gasteiger partial charge in [0, 0.05) is 14.1 Å². The summed E-state index contributed by atoms with van der Waals surface area (Å²) < 4.78 is 16.2. The van der Waals surface area contributed by atoms with E-state index < -0.39 is 0 Å². The summed E-state index contributed by atoms with van der Waals surface area (Å²) in [5.74, 6) is -0.228. The van der Waals surface area contributed by atoms with Gasteiger partial charge in [0.25, 0.3) is 0 Å². The molecule has 0 aliphatic rings. The lowest BCUT2D eigenvalue weighted by Gasteiger charge is -2.20. The van der Waals surface area contributed by atoms with Crippen LogP contribution in [0.1, 0.15) is 24.1 Å². The van der Waals surface area contributed by atoms with Crippen LogP contribution in [-0.4, -0.2) is 6.54 Å². The summed E-state index contributed by atoms with van der Waals surface area (Å²) >= 11 is 9.20. The Bertz CT molecular complexity index is 634. The lowest BCUT2D eigenvalue weighted by atomic mass is 9.99. The molecule has 0 amide bonds. The molecular formula is C16H15Br2FIN. The molecule has 0 aromatic heterocycles. The van der Waals surface area contributed by atoms with Crippen molar-refractivity contribution >= 4 is 54.5 Å². The average molecular weight is 527 g/mol. The van der Waals surface area contributed by atoms with Gasteiger partial charge >= 0.3 is 0 Å². The molecule has 0 saturated carbocycles. The Labute approximate surface area is 155 Å². The van der Waals surface area contributed by atoms with Gasteiger partial charge in [0.1, 0.15) is 5.82 Å². The van der Waals surface area contributed by atoms with Crippen LogP contribution < -0.4 is 5.32 Å². The molecule has 0 fully saturated rings. The van der Waals surface area contributed by atoms with Crippen molar-refractivity contribution in [3.8, 4) is 0 Å². The van der Waals surface area contributed by atoms with Crippen LogP contribution in [0.5, 0.6) is 0 Å². The summed E-state index contributed by atoms with van der Waals surface area (Å²) in [5.41, 5.74) is 2.32. The minimum absolute atomic E-state index is 0.191. The highest BCUT2D eigenvalue weighted by Crippen LogP contribution is 2.29. The first kappa shape index (κ1) is 17.4. The summed E-state index contributed by atoms with van der Waals surface area (Å²) in [4.78, 5) is 0. The first-order valence-electron chi connectivity index (χ1n) is 6.63. The van der Waals surface area contributed by atoms with Crippen molar-refractivity contribution < 1.29 is 4.39 Å². The number of benzene rings is 2. The molecule has 2 aromatic carbocycles. The molecule has 1 N–H and O–H groups in total. The summed E-state index contributed by atoms with van der Waals surface area (Å²) in [6.07, 6.45) is 0.811. The minimum Gasteiger partial charge on any atom is -0.310 e. The smallest absolute Gasteiger partial charge is 0.137 e. The van der Waals surface area contributed by atoms with E-state index in [9.17, 15) is 4.39 Å². The Kier molecular flexibility index (Phi) is 6.65.